The monoisotopic (exact) mass is 355 g/mol. The van der Waals surface area contributed by atoms with E-state index in [2.05, 4.69) is 17.9 Å². The van der Waals surface area contributed by atoms with Crippen LogP contribution in [0.15, 0.2) is 27.4 Å². The number of aliphatic hydroxyl groups is 1. The smallest absolute Gasteiger partial charge is 0.336 e. The fraction of sp³-hybridized carbons (Fsp3) is 0.571. The molecule has 138 valence electrons. The van der Waals surface area contributed by atoms with Gasteiger partial charge in [-0.25, -0.2) is 4.79 Å². The molecule has 26 heavy (non-hydrogen) atoms. The van der Waals surface area contributed by atoms with Crippen LogP contribution in [0, 0.1) is 25.7 Å². The Morgan fingerprint density at radius 2 is 2.08 bits per heavy atom. The Hall–Kier alpha value is -1.69. The summed E-state index contributed by atoms with van der Waals surface area (Å²) < 4.78 is 11.7. The summed E-state index contributed by atoms with van der Waals surface area (Å²) in [6.07, 6.45) is 2.39. The van der Waals surface area contributed by atoms with Crippen LogP contribution in [0.4, 0.5) is 0 Å². The van der Waals surface area contributed by atoms with E-state index in [0.717, 1.165) is 49.0 Å². The second-order valence-corrected chi connectivity index (χ2v) is 8.41. The zero-order valence-electron chi connectivity index (χ0n) is 15.3. The molecule has 5 rings (SSSR count). The average Bonchev–Trinajstić information content (AvgIpc) is 3.23. The van der Waals surface area contributed by atoms with Gasteiger partial charge >= 0.3 is 5.63 Å². The van der Waals surface area contributed by atoms with Crippen molar-refractivity contribution in [1.82, 2.24) is 4.90 Å². The number of aryl methyl sites for hydroxylation is 2. The molecule has 0 unspecified atom stereocenters. The van der Waals surface area contributed by atoms with Gasteiger partial charge in [0.05, 0.1) is 11.7 Å². The molecule has 3 aliphatic heterocycles. The Balaban J connectivity index is 1.48. The van der Waals surface area contributed by atoms with Gasteiger partial charge in [0.15, 0.2) is 0 Å². The van der Waals surface area contributed by atoms with Gasteiger partial charge in [0.2, 0.25) is 0 Å². The molecule has 0 amide bonds. The number of hydrogen-bond acceptors (Lipinski definition) is 5. The van der Waals surface area contributed by atoms with Gasteiger partial charge in [0.1, 0.15) is 5.58 Å². The Bertz CT molecular complexity index is 935. The van der Waals surface area contributed by atoms with Gasteiger partial charge in [-0.15, -0.1) is 0 Å². The third-order valence-corrected chi connectivity index (χ3v) is 6.90. The van der Waals surface area contributed by atoms with Crippen LogP contribution >= 0.6 is 0 Å². The van der Waals surface area contributed by atoms with Crippen molar-refractivity contribution in [2.45, 2.75) is 44.9 Å². The summed E-state index contributed by atoms with van der Waals surface area (Å²) in [5.74, 6) is 0.665. The van der Waals surface area contributed by atoms with E-state index in [-0.39, 0.29) is 29.9 Å². The highest BCUT2D eigenvalue weighted by Crippen LogP contribution is 2.54. The topological polar surface area (TPSA) is 62.9 Å². The molecule has 1 spiro atoms. The lowest BCUT2D eigenvalue weighted by atomic mass is 9.74. The summed E-state index contributed by atoms with van der Waals surface area (Å²) in [7, 11) is 0. The first-order valence-corrected chi connectivity index (χ1v) is 9.54. The summed E-state index contributed by atoms with van der Waals surface area (Å²) in [6, 6.07) is 5.71. The van der Waals surface area contributed by atoms with Crippen LogP contribution in [0.1, 0.15) is 29.5 Å². The molecule has 5 nitrogen and oxygen atoms in total. The summed E-state index contributed by atoms with van der Waals surface area (Å²) in [5.41, 5.74) is 3.64. The molecule has 0 aliphatic carbocycles. The van der Waals surface area contributed by atoms with Crippen LogP contribution in [0.2, 0.25) is 0 Å². The van der Waals surface area contributed by atoms with Crippen LogP contribution in [-0.4, -0.2) is 41.4 Å². The standard InChI is InChI=1S/C21H25NO4/c1-12-5-15-14(7-20(24)25-19(15)6-13(12)2)8-22-9-17-16(10-23)18-3-4-21(17,11-22)26-18/h5-7,16-18,23H,3-4,8-11H2,1-2H3/t16-,17+,18+,21+/m1/s1. The molecule has 1 aromatic carbocycles. The molecular formula is C21H25NO4. The lowest BCUT2D eigenvalue weighted by Crippen LogP contribution is -2.37. The number of rotatable bonds is 3. The molecule has 3 fully saturated rings. The average molecular weight is 355 g/mol. The third kappa shape index (κ3) is 2.30. The van der Waals surface area contributed by atoms with Crippen molar-refractivity contribution in [2.24, 2.45) is 11.8 Å². The van der Waals surface area contributed by atoms with Crippen molar-refractivity contribution < 1.29 is 14.3 Å². The number of nitrogens with zero attached hydrogens (tertiary/aromatic N) is 1. The Morgan fingerprint density at radius 1 is 1.27 bits per heavy atom. The minimum absolute atomic E-state index is 0.0835. The van der Waals surface area contributed by atoms with Crippen LogP contribution in [-0.2, 0) is 11.3 Å². The number of hydrogen-bond donors (Lipinski definition) is 1. The molecule has 3 saturated heterocycles. The molecule has 2 aromatic rings. The molecule has 5 heteroatoms. The fourth-order valence-corrected chi connectivity index (χ4v) is 5.51. The maximum atomic E-state index is 12.1. The highest BCUT2D eigenvalue weighted by molar-refractivity contribution is 5.81. The number of benzene rings is 1. The van der Waals surface area contributed by atoms with Crippen LogP contribution < -0.4 is 5.63 Å². The lowest BCUT2D eigenvalue weighted by molar-refractivity contribution is 0.000405. The lowest BCUT2D eigenvalue weighted by Gasteiger charge is -2.28. The van der Waals surface area contributed by atoms with Crippen molar-refractivity contribution in [3.8, 4) is 0 Å². The summed E-state index contributed by atoms with van der Waals surface area (Å²) >= 11 is 0. The summed E-state index contributed by atoms with van der Waals surface area (Å²) in [5, 5.41) is 10.8. The molecule has 0 saturated carbocycles. The van der Waals surface area contributed by atoms with Crippen molar-refractivity contribution in [3.05, 3.63) is 45.3 Å². The van der Waals surface area contributed by atoms with Crippen molar-refractivity contribution in [3.63, 3.8) is 0 Å². The van der Waals surface area contributed by atoms with E-state index >= 15 is 0 Å². The predicted molar refractivity (Wildman–Crippen MR) is 98.1 cm³/mol. The maximum absolute atomic E-state index is 12.1. The van der Waals surface area contributed by atoms with Gasteiger partial charge in [0.25, 0.3) is 0 Å². The van der Waals surface area contributed by atoms with Gasteiger partial charge in [-0.05, 0) is 55.5 Å². The van der Waals surface area contributed by atoms with Crippen LogP contribution in [0.5, 0.6) is 0 Å². The van der Waals surface area contributed by atoms with E-state index in [9.17, 15) is 9.90 Å². The largest absolute Gasteiger partial charge is 0.423 e. The molecule has 4 heterocycles. The molecule has 4 atom stereocenters. The first-order valence-electron chi connectivity index (χ1n) is 9.54. The minimum atomic E-state index is -0.293. The van der Waals surface area contributed by atoms with Crippen LogP contribution in [0.25, 0.3) is 11.0 Å². The van der Waals surface area contributed by atoms with E-state index < -0.39 is 0 Å². The minimum Gasteiger partial charge on any atom is -0.423 e. The second-order valence-electron chi connectivity index (χ2n) is 8.41. The van der Waals surface area contributed by atoms with Gasteiger partial charge in [0, 0.05) is 49.5 Å². The highest BCUT2D eigenvalue weighted by atomic mass is 16.5. The quantitative estimate of drug-likeness (QED) is 0.857. The van der Waals surface area contributed by atoms with Gasteiger partial charge in [-0.2, -0.15) is 0 Å². The number of fused-ring (bicyclic) bond motifs is 2. The van der Waals surface area contributed by atoms with E-state index in [1.54, 1.807) is 6.07 Å². The zero-order valence-corrected chi connectivity index (χ0v) is 15.3. The second kappa shape index (κ2) is 5.65. The van der Waals surface area contributed by atoms with Crippen LogP contribution in [0.3, 0.4) is 0 Å². The fourth-order valence-electron chi connectivity index (χ4n) is 5.51. The van der Waals surface area contributed by atoms with Gasteiger partial charge < -0.3 is 14.3 Å². The van der Waals surface area contributed by atoms with E-state index in [1.807, 2.05) is 13.0 Å². The normalized spacial score (nSPS) is 33.3. The molecule has 0 radical (unpaired) electrons. The van der Waals surface area contributed by atoms with Crippen molar-refractivity contribution in [2.75, 3.05) is 19.7 Å². The summed E-state index contributed by atoms with van der Waals surface area (Å²) in [4.78, 5) is 14.4. The van der Waals surface area contributed by atoms with Gasteiger partial charge in [-0.1, -0.05) is 0 Å². The van der Waals surface area contributed by atoms with Crippen molar-refractivity contribution >= 4 is 11.0 Å². The molecule has 1 aromatic heterocycles. The third-order valence-electron chi connectivity index (χ3n) is 6.90. The Labute approximate surface area is 152 Å². The number of aliphatic hydroxyl groups excluding tert-OH is 1. The van der Waals surface area contributed by atoms with E-state index in [4.69, 9.17) is 9.15 Å². The zero-order chi connectivity index (χ0) is 18.1. The predicted octanol–water partition coefficient (Wildman–Crippen LogP) is 2.38. The molecule has 1 N–H and O–H groups in total. The Morgan fingerprint density at radius 3 is 2.88 bits per heavy atom. The van der Waals surface area contributed by atoms with Gasteiger partial charge in [-0.3, -0.25) is 4.90 Å². The number of likely N-dealkylation sites (tertiary alicyclic amines) is 1. The van der Waals surface area contributed by atoms with E-state index in [0.29, 0.717) is 11.5 Å². The Kier molecular flexibility index (Phi) is 3.58. The molecular weight excluding hydrogens is 330 g/mol. The first kappa shape index (κ1) is 16.5. The first-order chi connectivity index (χ1) is 12.5. The molecule has 2 bridgehead atoms. The van der Waals surface area contributed by atoms with Crippen molar-refractivity contribution in [1.29, 1.82) is 0 Å². The maximum Gasteiger partial charge on any atom is 0.336 e. The number of ether oxygens (including phenoxy) is 1. The van der Waals surface area contributed by atoms with E-state index in [1.165, 1.54) is 5.56 Å². The summed E-state index contributed by atoms with van der Waals surface area (Å²) in [6.45, 7) is 6.86. The highest BCUT2D eigenvalue weighted by Gasteiger charge is 2.62. The molecule has 3 aliphatic rings. The SMILES string of the molecule is Cc1cc2oc(=O)cc(CN3C[C@H]4[C@@H](CO)[C@@H]5CC[C@@]4(C3)O5)c2cc1C.